The number of fused-ring (bicyclic) bond motifs is 7. The smallest absolute Gasteiger partial charge is 0.187 e. The van der Waals surface area contributed by atoms with Crippen LogP contribution in [-0.2, 0) is 66.3 Å². The SMILES string of the molecule is C[C@@H]1O[C@@H](O[C@H]2[C@H](O)[C@@H](O[C@@H]3O[C@H](CO)[C@@H](O)[C@H](O[C@@H]4O[C@H](CO)[C@@H](O)[C@H](O)[C@H]4O)[C@H]3O)[C@H](O[C@H]3CC[C@@]4(C)C(=CC[C@@H]5C4CC[C@@]4(C)C5C[C@@H]5OC6(CC[C@@](C)(CO[C@@H]7O[C@H](CO)[C@@H](O)[C@H](O)[C@H]7O)O6)[C@@H](C)[C@@H]54)C3)O[C@@H]2CO)[C@H](O)[C@H](O)[C@H]1OC1OC(CO)C(O)C(O)C1O. The maximum Gasteiger partial charge on any atom is 0.187 e. The van der Waals surface area contributed by atoms with Gasteiger partial charge in [-0.15, -0.1) is 0 Å². The lowest BCUT2D eigenvalue weighted by Crippen LogP contribution is -2.68. The number of aliphatic hydroxyl groups excluding tert-OH is 19. The Balaban J connectivity index is 0.746. The van der Waals surface area contributed by atoms with Crippen LogP contribution < -0.4 is 0 Å². The summed E-state index contributed by atoms with van der Waals surface area (Å²) in [7, 11) is 0. The third kappa shape index (κ3) is 13.0. The minimum atomic E-state index is -2.10. The second-order valence-corrected chi connectivity index (χ2v) is 29.8. The van der Waals surface area contributed by atoms with Crippen molar-refractivity contribution in [3.63, 3.8) is 0 Å². The first-order valence-electron chi connectivity index (χ1n) is 34.0. The van der Waals surface area contributed by atoms with Gasteiger partial charge >= 0.3 is 0 Å². The van der Waals surface area contributed by atoms with Gasteiger partial charge in [0.2, 0.25) is 0 Å². The topological polar surface area (TPSA) is 514 Å². The van der Waals surface area contributed by atoms with E-state index in [1.165, 1.54) is 6.92 Å². The molecule has 0 aromatic rings. The Labute approximate surface area is 553 Å². The van der Waals surface area contributed by atoms with E-state index in [1.54, 1.807) is 0 Å². The summed E-state index contributed by atoms with van der Waals surface area (Å²) >= 11 is 0. The summed E-state index contributed by atoms with van der Waals surface area (Å²) in [4.78, 5) is 0. The summed E-state index contributed by atoms with van der Waals surface area (Å²) in [5.74, 6) is 0.240. The van der Waals surface area contributed by atoms with Crippen molar-refractivity contribution in [3.8, 4) is 0 Å². The van der Waals surface area contributed by atoms with Crippen LogP contribution in [0.4, 0.5) is 0 Å². The molecule has 96 heavy (non-hydrogen) atoms. The van der Waals surface area contributed by atoms with E-state index >= 15 is 0 Å². The quantitative estimate of drug-likeness (QED) is 0.0567. The Morgan fingerprint density at radius 3 is 1.54 bits per heavy atom. The number of rotatable bonds is 18. The van der Waals surface area contributed by atoms with Gasteiger partial charge < -0.3 is 163 Å². The third-order valence-corrected chi connectivity index (χ3v) is 24.1. The maximum absolute atomic E-state index is 12.6. The Kier molecular flexibility index (Phi) is 22.3. The van der Waals surface area contributed by atoms with Gasteiger partial charge in [-0.3, -0.25) is 0 Å². The lowest BCUT2D eigenvalue weighted by Gasteiger charge is -2.58. The molecule has 33 nitrogen and oxygen atoms in total. The zero-order chi connectivity index (χ0) is 69.2. The van der Waals surface area contributed by atoms with Gasteiger partial charge in [0, 0.05) is 12.3 Å². The van der Waals surface area contributed by atoms with Crippen LogP contribution in [0.1, 0.15) is 92.4 Å². The fraction of sp³-hybridized carbons (Fsp3) is 0.968. The van der Waals surface area contributed by atoms with Crippen LogP contribution in [0.15, 0.2) is 11.6 Å². The largest absolute Gasteiger partial charge is 0.394 e. The second kappa shape index (κ2) is 28.8. The van der Waals surface area contributed by atoms with Crippen molar-refractivity contribution < 1.29 is 163 Å². The number of hydrogen-bond acceptors (Lipinski definition) is 33. The third-order valence-electron chi connectivity index (χ3n) is 24.1. The van der Waals surface area contributed by atoms with Gasteiger partial charge in [0.15, 0.2) is 43.5 Å². The molecule has 4 aliphatic carbocycles. The molecule has 41 atom stereocenters. The number of aliphatic hydroxyl groups is 19. The van der Waals surface area contributed by atoms with E-state index in [0.717, 1.165) is 31.3 Å². The summed E-state index contributed by atoms with van der Waals surface area (Å²) in [5, 5.41) is 205. The molecule has 0 amide bonds. The summed E-state index contributed by atoms with van der Waals surface area (Å²) in [6, 6.07) is 0. The van der Waals surface area contributed by atoms with Crippen molar-refractivity contribution >= 4 is 0 Å². The molecule has 11 fully saturated rings. The number of ether oxygens (including phenoxy) is 14. The minimum Gasteiger partial charge on any atom is -0.394 e. The summed E-state index contributed by atoms with van der Waals surface area (Å²) in [6.07, 6.45) is -43.7. The molecule has 12 rings (SSSR count). The predicted octanol–water partition coefficient (Wildman–Crippen LogP) is -7.20. The Hall–Kier alpha value is -1.58. The van der Waals surface area contributed by atoms with Gasteiger partial charge in [0.05, 0.1) is 63.6 Å². The van der Waals surface area contributed by atoms with Crippen LogP contribution in [0.2, 0.25) is 0 Å². The van der Waals surface area contributed by atoms with E-state index in [0.29, 0.717) is 43.9 Å². The van der Waals surface area contributed by atoms with Gasteiger partial charge in [-0.1, -0.05) is 32.4 Å². The predicted molar refractivity (Wildman–Crippen MR) is 314 cm³/mol. The lowest BCUT2D eigenvalue weighted by molar-refractivity contribution is -0.401. The summed E-state index contributed by atoms with van der Waals surface area (Å²) in [5.41, 5.74) is -0.0288. The molecule has 0 radical (unpaired) electrons. The average Bonchev–Trinajstić information content (AvgIpc) is 1.60. The molecule has 8 aliphatic heterocycles. The molecular formula is C63H102O33. The fourth-order valence-electron chi connectivity index (χ4n) is 18.6. The Morgan fingerprint density at radius 2 is 0.948 bits per heavy atom. The van der Waals surface area contributed by atoms with Crippen LogP contribution in [0, 0.1) is 40.4 Å². The molecule has 0 aromatic heterocycles. The molecule has 0 bridgehead atoms. The molecule has 0 aromatic carbocycles. The molecule has 1 spiro atoms. The lowest BCUT2D eigenvalue weighted by atomic mass is 9.47. The van der Waals surface area contributed by atoms with E-state index in [2.05, 4.69) is 26.8 Å². The highest BCUT2D eigenvalue weighted by Crippen LogP contribution is 2.71. The standard InChI is InChI=1S/C63H102O33/c1-22-35-29(95-63(22)13-12-60(3,96-63)21-83-54-44(77)40(73)36(69)30(16-64)86-54)15-28-26-7-6-24-14-25(8-10-61(24,4)27(26)9-11-62(28,35)5)85-59-53(94-58-49(82)52(39(72)33(19-67)89-58)93-57-46(79)42(75)38(71)32(18-66)88-57)48(81)51(34(20-68)90-59)92-55-47(80)43(76)50(23(2)84-55)91-56-45(78)41(74)37(70)31(17-65)87-56/h6,22-23,25-59,64-82H,7-21H2,1-5H3/t22-,23-,25-,26+,27?,28?,29-,30+,31?,32+,33+,34+,35-,36+,37?,38+,39+,40-,41?,42-,43-,44+,45?,46+,47+,48-,49+,50-,51+,52-,53+,54+,55-,56?,57-,58-,59+,60-,61-,62-,63?/m0/s1. The normalized spacial score (nSPS) is 56.7. The second-order valence-electron chi connectivity index (χ2n) is 29.8. The Morgan fingerprint density at radius 1 is 0.448 bits per heavy atom. The van der Waals surface area contributed by atoms with Crippen LogP contribution in [-0.4, -0.2) is 344 Å². The van der Waals surface area contributed by atoms with Crippen molar-refractivity contribution in [2.24, 2.45) is 40.4 Å². The molecule has 33 heteroatoms. The van der Waals surface area contributed by atoms with Crippen molar-refractivity contribution in [2.45, 2.75) is 300 Å². The van der Waals surface area contributed by atoms with Crippen LogP contribution in [0.3, 0.4) is 0 Å². The highest BCUT2D eigenvalue weighted by atomic mass is 16.8. The molecule has 8 unspecified atom stereocenters. The first-order valence-corrected chi connectivity index (χ1v) is 34.0. The van der Waals surface area contributed by atoms with Crippen molar-refractivity contribution in [1.29, 1.82) is 0 Å². The van der Waals surface area contributed by atoms with Crippen molar-refractivity contribution in [3.05, 3.63) is 11.6 Å². The van der Waals surface area contributed by atoms with E-state index in [4.69, 9.17) is 66.3 Å². The molecule has 3 saturated carbocycles. The number of hydrogen-bond donors (Lipinski definition) is 19. The van der Waals surface area contributed by atoms with E-state index < -0.39 is 235 Å². The molecular weight excluding hydrogens is 1280 g/mol. The molecule has 12 aliphatic rings. The minimum absolute atomic E-state index is 0.00287. The zero-order valence-electron chi connectivity index (χ0n) is 54.3. The highest BCUT2D eigenvalue weighted by molar-refractivity contribution is 5.27. The number of allylic oxidation sites excluding steroid dienone is 1. The van der Waals surface area contributed by atoms with Crippen LogP contribution >= 0.6 is 0 Å². The van der Waals surface area contributed by atoms with E-state index in [1.807, 2.05) is 6.92 Å². The van der Waals surface area contributed by atoms with Crippen LogP contribution in [0.25, 0.3) is 0 Å². The zero-order valence-corrected chi connectivity index (χ0v) is 54.3. The van der Waals surface area contributed by atoms with Gasteiger partial charge in [0.25, 0.3) is 0 Å². The average molecular weight is 1390 g/mol. The van der Waals surface area contributed by atoms with Gasteiger partial charge in [-0.2, -0.15) is 0 Å². The van der Waals surface area contributed by atoms with Gasteiger partial charge in [-0.05, 0) is 99.7 Å². The monoisotopic (exact) mass is 1390 g/mol. The van der Waals surface area contributed by atoms with E-state index in [9.17, 15) is 97.0 Å². The Bertz CT molecular complexity index is 2630. The summed E-state index contributed by atoms with van der Waals surface area (Å²) < 4.78 is 86.0. The molecule has 552 valence electrons. The highest BCUT2D eigenvalue weighted by Gasteiger charge is 2.71. The van der Waals surface area contributed by atoms with Crippen LogP contribution in [0.5, 0.6) is 0 Å². The molecule has 8 saturated heterocycles. The molecule has 8 heterocycles. The fourth-order valence-corrected chi connectivity index (χ4v) is 18.6. The van der Waals surface area contributed by atoms with Crippen molar-refractivity contribution in [1.82, 2.24) is 0 Å². The maximum atomic E-state index is 12.6. The van der Waals surface area contributed by atoms with Gasteiger partial charge in [-0.25, -0.2) is 0 Å². The first-order chi connectivity index (χ1) is 45.5. The first kappa shape index (κ1) is 74.1. The van der Waals surface area contributed by atoms with Crippen molar-refractivity contribution in [2.75, 3.05) is 39.6 Å². The van der Waals surface area contributed by atoms with E-state index in [-0.39, 0.29) is 41.3 Å². The molecule has 19 N–H and O–H groups in total. The van der Waals surface area contributed by atoms with Gasteiger partial charge in [0.1, 0.15) is 140 Å². The summed E-state index contributed by atoms with van der Waals surface area (Å²) in [6.45, 7) is 6.20.